The third-order valence-electron chi connectivity index (χ3n) is 3.60. The van der Waals surface area contributed by atoms with E-state index >= 15 is 0 Å². The summed E-state index contributed by atoms with van der Waals surface area (Å²) in [6.07, 6.45) is 7.27. The van der Waals surface area contributed by atoms with Crippen LogP contribution in [0.25, 0.3) is 0 Å². The van der Waals surface area contributed by atoms with Crippen LogP contribution < -0.4 is 5.32 Å². The summed E-state index contributed by atoms with van der Waals surface area (Å²) in [6.45, 7) is 0. The molecule has 2 rings (SSSR count). The van der Waals surface area contributed by atoms with Crippen LogP contribution in [0.2, 0.25) is 0 Å². The van der Waals surface area contributed by atoms with Crippen molar-refractivity contribution in [3.63, 3.8) is 0 Å². The molecule has 0 spiro atoms. The highest BCUT2D eigenvalue weighted by Crippen LogP contribution is 2.38. The van der Waals surface area contributed by atoms with Crippen LogP contribution in [0.15, 0.2) is 29.7 Å². The van der Waals surface area contributed by atoms with Gasteiger partial charge >= 0.3 is 0 Å². The van der Waals surface area contributed by atoms with Crippen molar-refractivity contribution < 1.29 is 5.21 Å². The fourth-order valence-electron chi connectivity index (χ4n) is 2.69. The van der Waals surface area contributed by atoms with E-state index in [0.717, 1.165) is 37.0 Å². The smallest absolute Gasteiger partial charge is 0.0917 e. The van der Waals surface area contributed by atoms with Gasteiger partial charge in [-0.15, -0.1) is 0 Å². The van der Waals surface area contributed by atoms with Gasteiger partial charge < -0.3 is 10.5 Å². The van der Waals surface area contributed by atoms with Crippen LogP contribution in [-0.4, -0.2) is 27.9 Å². The van der Waals surface area contributed by atoms with Crippen molar-refractivity contribution >= 4 is 22.9 Å². The van der Waals surface area contributed by atoms with Gasteiger partial charge in [0.2, 0.25) is 0 Å². The summed E-state index contributed by atoms with van der Waals surface area (Å²) >= 11 is 5.48. The quantitative estimate of drug-likeness (QED) is 0.488. The van der Waals surface area contributed by atoms with Crippen LogP contribution >= 0.6 is 12.2 Å². The van der Waals surface area contributed by atoms with Gasteiger partial charge in [0, 0.05) is 19.4 Å². The minimum Gasteiger partial charge on any atom is -0.411 e. The van der Waals surface area contributed by atoms with Gasteiger partial charge in [0.05, 0.1) is 16.1 Å². The summed E-state index contributed by atoms with van der Waals surface area (Å²) in [5.74, 6) is 0. The summed E-state index contributed by atoms with van der Waals surface area (Å²) in [7, 11) is 1.81. The first-order valence-corrected chi connectivity index (χ1v) is 6.50. The number of likely N-dealkylation sites (N-methyl/N-ethyl adjacent to an activating group) is 1. The summed E-state index contributed by atoms with van der Waals surface area (Å²) in [4.78, 5) is 4.86. The van der Waals surface area contributed by atoms with Gasteiger partial charge in [0.15, 0.2) is 0 Å². The van der Waals surface area contributed by atoms with Crippen molar-refractivity contribution in [3.05, 3.63) is 30.1 Å². The number of nitrogens with zero attached hydrogens (tertiary/aromatic N) is 2. The largest absolute Gasteiger partial charge is 0.411 e. The molecular weight excluding hydrogens is 246 g/mol. The van der Waals surface area contributed by atoms with Gasteiger partial charge in [-0.25, -0.2) is 0 Å². The Labute approximate surface area is 112 Å². The molecule has 18 heavy (non-hydrogen) atoms. The number of thiocarbonyl (C=S) groups is 1. The molecule has 1 fully saturated rings. The molecule has 0 radical (unpaired) electrons. The molecule has 0 bridgehead atoms. The summed E-state index contributed by atoms with van der Waals surface area (Å²) in [6, 6.07) is 3.88. The van der Waals surface area contributed by atoms with Gasteiger partial charge in [0.25, 0.3) is 0 Å². The molecule has 1 saturated carbocycles. The number of hydrogen-bond acceptors (Lipinski definition) is 4. The number of aromatic nitrogens is 1. The van der Waals surface area contributed by atoms with Gasteiger partial charge in [0.1, 0.15) is 0 Å². The van der Waals surface area contributed by atoms with E-state index in [-0.39, 0.29) is 0 Å². The number of pyridine rings is 1. The van der Waals surface area contributed by atoms with Crippen molar-refractivity contribution in [3.8, 4) is 0 Å². The molecule has 1 aliphatic rings. The highest BCUT2D eigenvalue weighted by atomic mass is 32.1. The molecule has 0 aromatic carbocycles. The van der Waals surface area contributed by atoms with E-state index in [0.29, 0.717) is 4.99 Å². The monoisotopic (exact) mass is 263 g/mol. The topological polar surface area (TPSA) is 57.5 Å². The maximum Gasteiger partial charge on any atom is 0.0917 e. The molecule has 1 atom stereocenters. The van der Waals surface area contributed by atoms with Gasteiger partial charge in [-0.05, 0) is 30.9 Å². The normalized spacial score (nSPS) is 25.9. The van der Waals surface area contributed by atoms with Crippen molar-refractivity contribution in [1.82, 2.24) is 10.3 Å². The zero-order valence-electron chi connectivity index (χ0n) is 10.4. The molecule has 1 aromatic heterocycles. The van der Waals surface area contributed by atoms with Crippen LogP contribution in [0.3, 0.4) is 0 Å². The van der Waals surface area contributed by atoms with E-state index in [2.05, 4.69) is 15.5 Å². The van der Waals surface area contributed by atoms with Gasteiger partial charge in [-0.3, -0.25) is 4.98 Å². The molecule has 4 nitrogen and oxygen atoms in total. The standard InChI is InChI=1S/C13H17N3OS/c1-14-12(18)13(10-5-4-8-15-9-10)7-3-2-6-11(13)16-17/h4-5,8-9,17H,2-3,6-7H2,1H3,(H,14,18)/b16-11+. The number of hydrogen-bond donors (Lipinski definition) is 2. The first-order valence-electron chi connectivity index (χ1n) is 6.10. The molecule has 2 N–H and O–H groups in total. The zero-order chi connectivity index (χ0) is 13.0. The summed E-state index contributed by atoms with van der Waals surface area (Å²) in [5.41, 5.74) is 1.24. The second kappa shape index (κ2) is 5.44. The van der Waals surface area contributed by atoms with Crippen LogP contribution in [0.1, 0.15) is 31.2 Å². The van der Waals surface area contributed by atoms with E-state index < -0.39 is 5.41 Å². The minimum atomic E-state index is -0.495. The molecular formula is C13H17N3OS. The minimum absolute atomic E-state index is 0.495. The Morgan fingerprint density at radius 1 is 1.56 bits per heavy atom. The third kappa shape index (κ3) is 1.99. The number of nitrogens with one attached hydrogen (secondary N) is 1. The molecule has 0 amide bonds. The maximum atomic E-state index is 9.31. The van der Waals surface area contributed by atoms with E-state index in [1.165, 1.54) is 0 Å². The Morgan fingerprint density at radius 3 is 3.00 bits per heavy atom. The van der Waals surface area contributed by atoms with Gasteiger partial charge in [-0.2, -0.15) is 0 Å². The molecule has 1 aliphatic carbocycles. The third-order valence-corrected chi connectivity index (χ3v) is 4.15. The molecule has 0 saturated heterocycles. The van der Waals surface area contributed by atoms with Crippen molar-refractivity contribution in [1.29, 1.82) is 0 Å². The Balaban J connectivity index is 2.56. The van der Waals surface area contributed by atoms with Gasteiger partial charge in [-0.1, -0.05) is 29.9 Å². The lowest BCUT2D eigenvalue weighted by Gasteiger charge is -2.38. The van der Waals surface area contributed by atoms with E-state index in [1.807, 2.05) is 19.2 Å². The molecule has 1 unspecified atom stereocenters. The average Bonchev–Trinajstić information content (AvgIpc) is 2.47. The first kappa shape index (κ1) is 13.0. The molecule has 5 heteroatoms. The predicted octanol–water partition coefficient (Wildman–Crippen LogP) is 2.27. The number of rotatable bonds is 2. The lowest BCUT2D eigenvalue weighted by molar-refractivity contribution is 0.310. The van der Waals surface area contributed by atoms with E-state index in [9.17, 15) is 5.21 Å². The maximum absolute atomic E-state index is 9.31. The Morgan fingerprint density at radius 2 is 2.39 bits per heavy atom. The Kier molecular flexibility index (Phi) is 3.91. The van der Waals surface area contributed by atoms with Crippen molar-refractivity contribution in [2.45, 2.75) is 31.1 Å². The zero-order valence-corrected chi connectivity index (χ0v) is 11.2. The molecule has 1 aromatic rings. The van der Waals surface area contributed by atoms with Crippen LogP contribution in [0.4, 0.5) is 0 Å². The molecule has 1 heterocycles. The highest BCUT2D eigenvalue weighted by Gasteiger charge is 2.43. The fourth-order valence-corrected chi connectivity index (χ4v) is 3.03. The number of oxime groups is 1. The summed E-state index contributed by atoms with van der Waals surface area (Å²) in [5, 5.41) is 15.9. The van der Waals surface area contributed by atoms with E-state index in [1.54, 1.807) is 12.4 Å². The second-order valence-corrected chi connectivity index (χ2v) is 4.89. The Hall–Kier alpha value is -1.49. The first-order chi connectivity index (χ1) is 8.75. The van der Waals surface area contributed by atoms with Crippen molar-refractivity contribution in [2.75, 3.05) is 7.05 Å². The predicted molar refractivity (Wildman–Crippen MR) is 75.3 cm³/mol. The lowest BCUT2D eigenvalue weighted by Crippen LogP contribution is -2.50. The Bertz CT molecular complexity index is 461. The molecule has 96 valence electrons. The summed E-state index contributed by atoms with van der Waals surface area (Å²) < 4.78 is 0. The van der Waals surface area contributed by atoms with Crippen LogP contribution in [0.5, 0.6) is 0 Å². The fraction of sp³-hybridized carbons (Fsp3) is 0.462. The van der Waals surface area contributed by atoms with Crippen LogP contribution in [-0.2, 0) is 5.41 Å². The SMILES string of the molecule is CNC(=S)C1(c2cccnc2)CCCC/C1=N\O. The lowest BCUT2D eigenvalue weighted by atomic mass is 9.68. The van der Waals surface area contributed by atoms with Crippen molar-refractivity contribution in [2.24, 2.45) is 5.16 Å². The van der Waals surface area contributed by atoms with E-state index in [4.69, 9.17) is 12.2 Å². The average molecular weight is 263 g/mol. The second-order valence-electron chi connectivity index (χ2n) is 4.48. The molecule has 0 aliphatic heterocycles. The van der Waals surface area contributed by atoms with Crippen LogP contribution in [0, 0.1) is 0 Å². The highest BCUT2D eigenvalue weighted by molar-refractivity contribution is 7.80.